The molecule has 4 N–H and O–H groups in total. The summed E-state index contributed by atoms with van der Waals surface area (Å²) in [6, 6.07) is -0.444. The molecule has 3 nitrogen and oxygen atoms in total. The van der Waals surface area contributed by atoms with Crippen molar-refractivity contribution in [3.05, 3.63) is 0 Å². The number of rotatable bonds is 3. The van der Waals surface area contributed by atoms with Crippen LogP contribution in [0.25, 0.3) is 0 Å². The molecule has 0 saturated carbocycles. The third-order valence-electron chi connectivity index (χ3n) is 1.02. The van der Waals surface area contributed by atoms with Gasteiger partial charge in [0.2, 0.25) is 0 Å². The van der Waals surface area contributed by atoms with Crippen molar-refractivity contribution >= 4 is 5.78 Å². The molecule has 0 spiro atoms. The van der Waals surface area contributed by atoms with Crippen LogP contribution in [0.15, 0.2) is 0 Å². The summed E-state index contributed by atoms with van der Waals surface area (Å²) in [7, 11) is 0. The Balaban J connectivity index is 3.46. The molecule has 0 fully saturated rings. The fourth-order valence-electron chi connectivity index (χ4n) is 0.394. The van der Waals surface area contributed by atoms with E-state index in [-0.39, 0.29) is 12.3 Å². The summed E-state index contributed by atoms with van der Waals surface area (Å²) >= 11 is 0. The van der Waals surface area contributed by atoms with Gasteiger partial charge in [0.15, 0.2) is 5.78 Å². The lowest BCUT2D eigenvalue weighted by atomic mass is 10.2. The molecule has 0 heterocycles. The predicted molar refractivity (Wildman–Crippen MR) is 32.3 cm³/mol. The van der Waals surface area contributed by atoms with Gasteiger partial charge in [-0.15, -0.1) is 0 Å². The van der Waals surface area contributed by atoms with E-state index in [1.165, 1.54) is 0 Å². The van der Waals surface area contributed by atoms with Gasteiger partial charge in [-0.1, -0.05) is 6.92 Å². The maximum atomic E-state index is 10.5. The lowest BCUT2D eigenvalue weighted by Gasteiger charge is -2.02. The highest BCUT2D eigenvalue weighted by molar-refractivity contribution is 5.83. The Morgan fingerprint density at radius 3 is 2.38 bits per heavy atom. The van der Waals surface area contributed by atoms with Gasteiger partial charge < -0.3 is 11.5 Å². The van der Waals surface area contributed by atoms with Gasteiger partial charge in [0.1, 0.15) is 0 Å². The topological polar surface area (TPSA) is 69.1 Å². The molecule has 0 aliphatic rings. The van der Waals surface area contributed by atoms with Crippen LogP contribution in [0.1, 0.15) is 13.3 Å². The summed E-state index contributed by atoms with van der Waals surface area (Å²) in [5.74, 6) is 0.0347. The fourth-order valence-corrected chi connectivity index (χ4v) is 0.394. The molecule has 0 aliphatic carbocycles. The van der Waals surface area contributed by atoms with Crippen LogP contribution < -0.4 is 11.5 Å². The quantitative estimate of drug-likeness (QED) is 0.510. The largest absolute Gasteiger partial charge is 0.328 e. The van der Waals surface area contributed by atoms with Crippen molar-refractivity contribution < 1.29 is 4.79 Å². The van der Waals surface area contributed by atoms with Crippen LogP contribution in [-0.4, -0.2) is 18.4 Å². The molecule has 0 saturated heterocycles. The Morgan fingerprint density at radius 1 is 1.75 bits per heavy atom. The molecule has 0 radical (unpaired) electrons. The van der Waals surface area contributed by atoms with Crippen LogP contribution in [0, 0.1) is 0 Å². The molecule has 0 aromatic rings. The van der Waals surface area contributed by atoms with Gasteiger partial charge in [0, 0.05) is 13.0 Å². The molecule has 0 aliphatic heterocycles. The molecular weight excluding hydrogens is 104 g/mol. The van der Waals surface area contributed by atoms with E-state index in [2.05, 4.69) is 0 Å². The SMILES string of the molecule is CCC(=O)C(N)CN. The molecule has 1 unspecified atom stereocenters. The minimum atomic E-state index is -0.444. The van der Waals surface area contributed by atoms with Crippen molar-refractivity contribution in [2.75, 3.05) is 6.54 Å². The van der Waals surface area contributed by atoms with Crippen LogP contribution in [0.2, 0.25) is 0 Å². The Hall–Kier alpha value is -0.410. The first-order valence-corrected chi connectivity index (χ1v) is 2.70. The zero-order valence-corrected chi connectivity index (χ0v) is 5.05. The van der Waals surface area contributed by atoms with E-state index in [1.807, 2.05) is 0 Å². The maximum Gasteiger partial charge on any atom is 0.150 e. The Kier molecular flexibility index (Phi) is 3.39. The summed E-state index contributed by atoms with van der Waals surface area (Å²) in [6.07, 6.45) is 0.484. The van der Waals surface area contributed by atoms with Crippen molar-refractivity contribution in [1.29, 1.82) is 0 Å². The standard InChI is InChI=1S/C5H12N2O/c1-2-5(8)4(7)3-6/h4H,2-3,6-7H2,1H3. The normalized spacial score (nSPS) is 13.4. The van der Waals surface area contributed by atoms with Gasteiger partial charge >= 0.3 is 0 Å². The second-order valence-corrected chi connectivity index (χ2v) is 1.66. The first-order valence-electron chi connectivity index (χ1n) is 2.70. The van der Waals surface area contributed by atoms with Crippen molar-refractivity contribution in [3.63, 3.8) is 0 Å². The number of nitrogens with two attached hydrogens (primary N) is 2. The first kappa shape index (κ1) is 7.59. The van der Waals surface area contributed by atoms with Gasteiger partial charge in [0.05, 0.1) is 6.04 Å². The van der Waals surface area contributed by atoms with Crippen molar-refractivity contribution in [3.8, 4) is 0 Å². The second-order valence-electron chi connectivity index (χ2n) is 1.66. The van der Waals surface area contributed by atoms with Crippen LogP contribution in [-0.2, 0) is 4.79 Å². The molecule has 0 bridgehead atoms. The van der Waals surface area contributed by atoms with Crippen molar-refractivity contribution in [2.45, 2.75) is 19.4 Å². The Bertz CT molecular complexity index is 82.5. The average molecular weight is 116 g/mol. The average Bonchev–Trinajstić information content (AvgIpc) is 1.84. The molecule has 48 valence electrons. The van der Waals surface area contributed by atoms with Gasteiger partial charge in [0.25, 0.3) is 0 Å². The van der Waals surface area contributed by atoms with E-state index in [1.54, 1.807) is 6.92 Å². The summed E-state index contributed by atoms with van der Waals surface area (Å²) in [5.41, 5.74) is 10.4. The minimum Gasteiger partial charge on any atom is -0.328 e. The van der Waals surface area contributed by atoms with E-state index in [4.69, 9.17) is 11.5 Å². The number of Topliss-reactive ketones (excluding diaryl/α,β-unsaturated/α-hetero) is 1. The highest BCUT2D eigenvalue weighted by atomic mass is 16.1. The van der Waals surface area contributed by atoms with Gasteiger partial charge in [-0.05, 0) is 0 Å². The molecule has 0 aromatic heterocycles. The molecule has 0 rings (SSSR count). The molecule has 3 heteroatoms. The number of ketones is 1. The van der Waals surface area contributed by atoms with E-state index >= 15 is 0 Å². The first-order chi connectivity index (χ1) is 3.72. The lowest BCUT2D eigenvalue weighted by Crippen LogP contribution is -2.37. The second kappa shape index (κ2) is 3.57. The van der Waals surface area contributed by atoms with E-state index in [9.17, 15) is 4.79 Å². The number of hydrogen-bond donors (Lipinski definition) is 2. The smallest absolute Gasteiger partial charge is 0.150 e. The third kappa shape index (κ3) is 2.04. The number of carbonyl (C=O) groups excluding carboxylic acids is 1. The zero-order valence-electron chi connectivity index (χ0n) is 5.05. The number of carbonyl (C=O) groups is 1. The fraction of sp³-hybridized carbons (Fsp3) is 0.800. The number of hydrogen-bond acceptors (Lipinski definition) is 3. The van der Waals surface area contributed by atoms with Crippen molar-refractivity contribution in [1.82, 2.24) is 0 Å². The molecule has 8 heavy (non-hydrogen) atoms. The van der Waals surface area contributed by atoms with E-state index < -0.39 is 6.04 Å². The predicted octanol–water partition coefficient (Wildman–Crippen LogP) is -0.748. The Labute approximate surface area is 49.0 Å². The molecule has 1 atom stereocenters. The van der Waals surface area contributed by atoms with Gasteiger partial charge in [-0.3, -0.25) is 4.79 Å². The van der Waals surface area contributed by atoms with Crippen LogP contribution in [0.3, 0.4) is 0 Å². The van der Waals surface area contributed by atoms with E-state index in [0.29, 0.717) is 6.42 Å². The van der Waals surface area contributed by atoms with Gasteiger partial charge in [-0.2, -0.15) is 0 Å². The van der Waals surface area contributed by atoms with E-state index in [0.717, 1.165) is 0 Å². The van der Waals surface area contributed by atoms with Gasteiger partial charge in [-0.25, -0.2) is 0 Å². The molecule has 0 amide bonds. The van der Waals surface area contributed by atoms with Crippen molar-refractivity contribution in [2.24, 2.45) is 11.5 Å². The van der Waals surface area contributed by atoms with Crippen LogP contribution >= 0.6 is 0 Å². The summed E-state index contributed by atoms with van der Waals surface area (Å²) in [4.78, 5) is 10.5. The minimum absolute atomic E-state index is 0.0347. The highest BCUT2D eigenvalue weighted by Crippen LogP contribution is 1.83. The maximum absolute atomic E-state index is 10.5. The Morgan fingerprint density at radius 2 is 2.25 bits per heavy atom. The summed E-state index contributed by atoms with van der Waals surface area (Å²) in [6.45, 7) is 2.03. The summed E-state index contributed by atoms with van der Waals surface area (Å²) in [5, 5.41) is 0. The van der Waals surface area contributed by atoms with Crippen LogP contribution in [0.4, 0.5) is 0 Å². The summed E-state index contributed by atoms with van der Waals surface area (Å²) < 4.78 is 0. The highest BCUT2D eigenvalue weighted by Gasteiger charge is 2.06. The monoisotopic (exact) mass is 116 g/mol. The van der Waals surface area contributed by atoms with Crippen LogP contribution in [0.5, 0.6) is 0 Å². The molecule has 0 aromatic carbocycles. The lowest BCUT2D eigenvalue weighted by molar-refractivity contribution is -0.119. The zero-order chi connectivity index (χ0) is 6.57. The molecular formula is C5H12N2O. The third-order valence-corrected chi connectivity index (χ3v) is 1.02.